The van der Waals surface area contributed by atoms with E-state index >= 15 is 0 Å². The summed E-state index contributed by atoms with van der Waals surface area (Å²) in [5.41, 5.74) is -8.70. The molecule has 0 unspecified atom stereocenters. The van der Waals surface area contributed by atoms with Crippen molar-refractivity contribution in [1.82, 2.24) is 60.3 Å². The lowest BCUT2D eigenvalue weighted by molar-refractivity contribution is -0.297. The number of nitrogens with zero attached hydrogens (tertiary/aromatic N) is 14. The first-order chi connectivity index (χ1) is 40.9. The number of hydroxylamine groups is 12. The topological polar surface area (TPSA) is 260 Å². The van der Waals surface area contributed by atoms with Crippen molar-refractivity contribution in [2.45, 2.75) is 372 Å². The summed E-state index contributed by atoms with van der Waals surface area (Å²) in [7, 11) is 0. The number of hydrogen-bond donors (Lipinski definition) is 0. The minimum absolute atomic E-state index is 0.0891. The van der Waals surface area contributed by atoms with Crippen LogP contribution in [0.25, 0.3) is 0 Å². The van der Waals surface area contributed by atoms with Crippen LogP contribution >= 0.6 is 0 Å². The second-order valence-electron chi connectivity index (χ2n) is 35.4. The lowest BCUT2D eigenvalue weighted by Gasteiger charge is -2.52. The second-order valence-corrected chi connectivity index (χ2v) is 35.4. The van der Waals surface area contributed by atoms with Gasteiger partial charge in [0, 0.05) is 143 Å². The zero-order chi connectivity index (χ0) is 67.3. The third-order valence-electron chi connectivity index (χ3n) is 20.6. The molecule has 0 aliphatic carbocycles. The van der Waals surface area contributed by atoms with Gasteiger partial charge < -0.3 is 28.7 Å². The predicted molar refractivity (Wildman–Crippen MR) is 338 cm³/mol. The summed E-state index contributed by atoms with van der Waals surface area (Å²) in [6, 6.07) is 0.00871. The van der Waals surface area contributed by atoms with Crippen LogP contribution in [0, 0.1) is 0 Å². The SMILES string of the molecule is CC1(C)CC(Oc2nc(OC3CC(C)(C)N([O])C(C)(C)C3)nc(N(CCCCCCN(c3nc(OC4CC(C)(C)N([O])C(C)(C)C4)nc(OC4CC(C)(C)N([O])C(C)(C)C4)n3)C3CC(C)(C)N([O])C(C)(C)C3)C3CC(C)(C)N([O])C(C)(C)C3)n2)CC(C)(C)N1[O]. The lowest BCUT2D eigenvalue weighted by Crippen LogP contribution is -2.62. The summed E-state index contributed by atoms with van der Waals surface area (Å²) < 4.78 is 27.1. The fourth-order valence-electron chi connectivity index (χ4n) is 17.4. The molecule has 24 heteroatoms. The minimum Gasteiger partial charge on any atom is -0.460 e. The van der Waals surface area contributed by atoms with Crippen LogP contribution in [0.1, 0.15) is 269 Å². The van der Waals surface area contributed by atoms with Crippen LogP contribution in [0.4, 0.5) is 11.9 Å². The first-order valence-corrected chi connectivity index (χ1v) is 33.5. The Balaban J connectivity index is 1.11. The highest BCUT2D eigenvalue weighted by Gasteiger charge is 2.54. The molecular formula is C66H114N14O10. The molecule has 0 amide bonds. The van der Waals surface area contributed by atoms with Crippen LogP contribution in [-0.4, -0.2) is 176 Å². The molecule has 0 spiro atoms. The Bertz CT molecular complexity index is 2390. The van der Waals surface area contributed by atoms with Gasteiger partial charge in [-0.15, -0.1) is 71.6 Å². The molecule has 2 aromatic rings. The maximum Gasteiger partial charge on any atom is 0.324 e. The molecule has 0 aromatic carbocycles. The molecule has 6 radical (unpaired) electrons. The molecule has 6 aliphatic rings. The Morgan fingerprint density at radius 1 is 0.278 bits per heavy atom. The number of anilines is 2. The quantitative estimate of drug-likeness (QED) is 0.118. The van der Waals surface area contributed by atoms with E-state index in [4.69, 9.17) is 48.9 Å². The standard InChI is InChI=1S/C66H114N14O10/c1-55(2)31-43(32-56(3,4)75(55)81)73(49-67-51(87-45-35-59(9,10)77(83)60(11,12)36-45)71-52(68-49)88-46-37-61(13,14)78(84)62(15,16)38-46)29-27-25-26-28-30-74(44-33-57(5,6)76(82)58(7,8)34-44)50-69-53(89-47-39-63(17,18)79(85)64(19,20)40-47)72-54(70-50)90-48-41-65(21,22)80(86)66(23,24)42-48/h43-48H,25-42H2,1-24H3. The van der Waals surface area contributed by atoms with Crippen molar-refractivity contribution in [2.75, 3.05) is 22.9 Å². The largest absolute Gasteiger partial charge is 0.460 e. The Hall–Kier alpha value is -3.66. The summed E-state index contributed by atoms with van der Waals surface area (Å²) in [5.74, 6) is 0.739. The van der Waals surface area contributed by atoms with Crippen LogP contribution in [0.3, 0.4) is 0 Å². The van der Waals surface area contributed by atoms with Gasteiger partial charge in [0.15, 0.2) is 0 Å². The summed E-state index contributed by atoms with van der Waals surface area (Å²) in [4.78, 5) is 34.6. The zero-order valence-electron chi connectivity index (χ0n) is 59.5. The van der Waals surface area contributed by atoms with E-state index in [1.807, 2.05) is 166 Å². The maximum atomic E-state index is 14.0. The monoisotopic (exact) mass is 1260 g/mol. The number of piperidine rings is 6. The molecule has 90 heavy (non-hydrogen) atoms. The maximum absolute atomic E-state index is 14.0. The number of unbranched alkanes of at least 4 members (excludes halogenated alkanes) is 3. The van der Waals surface area contributed by atoms with Crippen molar-refractivity contribution < 1.29 is 50.2 Å². The molecule has 6 saturated heterocycles. The molecule has 2 aromatic heterocycles. The summed E-state index contributed by atoms with van der Waals surface area (Å²) >= 11 is 0. The average molecular weight is 1260 g/mol. The lowest BCUT2D eigenvalue weighted by atomic mass is 9.78. The summed E-state index contributed by atoms with van der Waals surface area (Å²) in [6.45, 7) is 47.8. The van der Waals surface area contributed by atoms with E-state index < -0.39 is 90.9 Å². The van der Waals surface area contributed by atoms with Gasteiger partial charge in [0.05, 0.1) is 0 Å². The molecule has 6 aliphatic heterocycles. The van der Waals surface area contributed by atoms with E-state index in [2.05, 4.69) is 9.80 Å². The average Bonchev–Trinajstić information content (AvgIpc) is 0.802. The van der Waals surface area contributed by atoms with Gasteiger partial charge in [-0.1, -0.05) is 12.8 Å². The Morgan fingerprint density at radius 3 is 0.622 bits per heavy atom. The van der Waals surface area contributed by atoms with Gasteiger partial charge >= 0.3 is 24.0 Å². The van der Waals surface area contributed by atoms with Gasteiger partial charge in [-0.25, -0.2) is 0 Å². The Kier molecular flexibility index (Phi) is 19.9. The first-order valence-electron chi connectivity index (χ1n) is 33.5. The molecular weight excluding hydrogens is 1150 g/mol. The molecule has 0 saturated carbocycles. The highest BCUT2D eigenvalue weighted by Crippen LogP contribution is 2.46. The normalized spacial score (nSPS) is 27.5. The van der Waals surface area contributed by atoms with Gasteiger partial charge in [0.1, 0.15) is 24.4 Å². The van der Waals surface area contributed by atoms with Crippen molar-refractivity contribution in [2.24, 2.45) is 0 Å². The Labute approximate surface area is 539 Å². The number of ether oxygens (including phenoxy) is 4. The number of aromatic nitrogens is 6. The molecule has 0 atom stereocenters. The number of rotatable bonds is 19. The smallest absolute Gasteiger partial charge is 0.324 e. The third-order valence-corrected chi connectivity index (χ3v) is 20.6. The summed E-state index contributed by atoms with van der Waals surface area (Å²) in [6.07, 6.45) is 7.11. The summed E-state index contributed by atoms with van der Waals surface area (Å²) in [5, 5.41) is 89.3. The molecule has 0 N–H and O–H groups in total. The molecule has 508 valence electrons. The van der Waals surface area contributed by atoms with Gasteiger partial charge in [-0.2, -0.15) is 19.9 Å². The second kappa shape index (κ2) is 24.8. The van der Waals surface area contributed by atoms with Gasteiger partial charge in [-0.05, 0) is 205 Å². The van der Waals surface area contributed by atoms with Crippen molar-refractivity contribution in [1.29, 1.82) is 0 Å². The van der Waals surface area contributed by atoms with Crippen molar-refractivity contribution >= 4 is 11.9 Å². The van der Waals surface area contributed by atoms with Crippen molar-refractivity contribution in [3.05, 3.63) is 0 Å². The number of hydrogen-bond acceptors (Lipinski definition) is 18. The van der Waals surface area contributed by atoms with E-state index in [9.17, 15) is 31.2 Å². The molecule has 0 bridgehead atoms. The highest BCUT2D eigenvalue weighted by molar-refractivity contribution is 5.37. The molecule has 6 fully saturated rings. The molecule has 8 heterocycles. The van der Waals surface area contributed by atoms with Crippen LogP contribution in [-0.2, 0) is 31.2 Å². The van der Waals surface area contributed by atoms with Crippen molar-refractivity contribution in [3.8, 4) is 24.0 Å². The van der Waals surface area contributed by atoms with Crippen LogP contribution in [0.2, 0.25) is 0 Å². The van der Waals surface area contributed by atoms with Crippen molar-refractivity contribution in [3.63, 3.8) is 0 Å². The van der Waals surface area contributed by atoms with Crippen LogP contribution in [0.5, 0.6) is 24.0 Å². The van der Waals surface area contributed by atoms with Gasteiger partial charge in [0.25, 0.3) is 0 Å². The highest BCUT2D eigenvalue weighted by atomic mass is 16.6. The Morgan fingerprint density at radius 2 is 0.444 bits per heavy atom. The van der Waals surface area contributed by atoms with Gasteiger partial charge in [-0.3, -0.25) is 0 Å². The van der Waals surface area contributed by atoms with E-state index in [0.717, 1.165) is 25.7 Å². The van der Waals surface area contributed by atoms with Gasteiger partial charge in [0.2, 0.25) is 11.9 Å². The molecule has 8 rings (SSSR count). The van der Waals surface area contributed by atoms with Crippen LogP contribution in [0.15, 0.2) is 0 Å². The van der Waals surface area contributed by atoms with Crippen LogP contribution < -0.4 is 28.7 Å². The predicted octanol–water partition coefficient (Wildman–Crippen LogP) is 11.6. The van der Waals surface area contributed by atoms with E-state index in [-0.39, 0.29) is 36.1 Å². The molecule has 24 nitrogen and oxygen atoms in total. The minimum atomic E-state index is -0.730. The zero-order valence-corrected chi connectivity index (χ0v) is 59.5. The van der Waals surface area contributed by atoms with E-state index in [1.54, 1.807) is 0 Å². The van der Waals surface area contributed by atoms with E-state index in [0.29, 0.717) is 102 Å². The third kappa shape index (κ3) is 15.7. The fraction of sp³-hybridized carbons (Fsp3) is 0.909. The first kappa shape index (κ1) is 72.2. The van der Waals surface area contributed by atoms with E-state index in [1.165, 1.54) is 30.4 Å². The fourth-order valence-corrected chi connectivity index (χ4v) is 17.4.